The van der Waals surface area contributed by atoms with E-state index in [1.54, 1.807) is 0 Å². The Hall–Kier alpha value is -1.59. The highest BCUT2D eigenvalue weighted by molar-refractivity contribution is 5.75. The third-order valence-electron chi connectivity index (χ3n) is 6.46. The van der Waals surface area contributed by atoms with Gasteiger partial charge in [-0.05, 0) is 28.4 Å². The van der Waals surface area contributed by atoms with Crippen LogP contribution in [-0.4, -0.2) is 55.2 Å². The molecule has 1 aromatic carbocycles. The molecule has 4 rings (SSSR count). The first-order valence-electron chi connectivity index (χ1n) is 9.45. The van der Waals surface area contributed by atoms with Crippen molar-refractivity contribution in [2.24, 2.45) is 17.3 Å². The van der Waals surface area contributed by atoms with Crippen LogP contribution in [0.3, 0.4) is 0 Å². The summed E-state index contributed by atoms with van der Waals surface area (Å²) in [7, 11) is 0. The second-order valence-electron chi connectivity index (χ2n) is 8.26. The lowest BCUT2D eigenvalue weighted by Gasteiger charge is -2.27. The molecule has 1 saturated carbocycles. The van der Waals surface area contributed by atoms with E-state index >= 15 is 0 Å². The van der Waals surface area contributed by atoms with Gasteiger partial charge in [0.15, 0.2) is 0 Å². The van der Waals surface area contributed by atoms with Gasteiger partial charge in [0.1, 0.15) is 0 Å². The predicted octanol–water partition coefficient (Wildman–Crippen LogP) is 2.32. The van der Waals surface area contributed by atoms with Gasteiger partial charge in [0.25, 0.3) is 0 Å². The monoisotopic (exact) mass is 343 g/mol. The number of nitrogens with zero attached hydrogens (tertiary/aromatic N) is 2. The van der Waals surface area contributed by atoms with Crippen LogP contribution in [0, 0.1) is 17.3 Å². The lowest BCUT2D eigenvalue weighted by atomic mass is 10.1. The molecule has 1 aliphatic carbocycles. The Morgan fingerprint density at radius 3 is 2.48 bits per heavy atom. The predicted molar refractivity (Wildman–Crippen MR) is 97.1 cm³/mol. The molecule has 0 aromatic heterocycles. The number of ether oxygens (including phenoxy) is 1. The lowest BCUT2D eigenvalue weighted by Crippen LogP contribution is -2.40. The maximum Gasteiger partial charge on any atom is 0.317 e. The molecule has 1 aromatic rings. The molecule has 2 saturated heterocycles. The highest BCUT2D eigenvalue weighted by Crippen LogP contribution is 2.61. The second kappa shape index (κ2) is 6.61. The summed E-state index contributed by atoms with van der Waals surface area (Å²) < 4.78 is 5.43. The zero-order chi connectivity index (χ0) is 17.4. The number of rotatable bonds is 4. The van der Waals surface area contributed by atoms with Gasteiger partial charge >= 0.3 is 6.03 Å². The van der Waals surface area contributed by atoms with E-state index in [9.17, 15) is 4.79 Å². The fourth-order valence-electron chi connectivity index (χ4n) is 4.46. The molecule has 2 heterocycles. The van der Waals surface area contributed by atoms with Gasteiger partial charge in [0.05, 0.1) is 13.2 Å². The highest BCUT2D eigenvalue weighted by atomic mass is 16.5. The molecule has 2 aliphatic heterocycles. The number of benzene rings is 1. The summed E-state index contributed by atoms with van der Waals surface area (Å²) in [4.78, 5) is 16.9. The Bertz CT molecular complexity index is 626. The SMILES string of the molecule is CC1(C)[C@@H]2CN(C(=O)NCc3ccccc3CN3CCOCC3)C[C@@H]21. The minimum absolute atomic E-state index is 0.0872. The molecule has 2 atom stereocenters. The topological polar surface area (TPSA) is 44.8 Å². The van der Waals surface area contributed by atoms with Crippen LogP contribution >= 0.6 is 0 Å². The van der Waals surface area contributed by atoms with Crippen LogP contribution in [0.15, 0.2) is 24.3 Å². The molecule has 3 fully saturated rings. The summed E-state index contributed by atoms with van der Waals surface area (Å²) in [6.07, 6.45) is 0. The van der Waals surface area contributed by atoms with Crippen LogP contribution in [-0.2, 0) is 17.8 Å². The van der Waals surface area contributed by atoms with Crippen molar-refractivity contribution < 1.29 is 9.53 Å². The molecule has 5 heteroatoms. The molecular weight excluding hydrogens is 314 g/mol. The summed E-state index contributed by atoms with van der Waals surface area (Å²) in [6, 6.07) is 8.52. The molecule has 1 N–H and O–H groups in total. The van der Waals surface area contributed by atoms with Crippen LogP contribution in [0.25, 0.3) is 0 Å². The summed E-state index contributed by atoms with van der Waals surface area (Å²) in [5.74, 6) is 1.40. The summed E-state index contributed by atoms with van der Waals surface area (Å²) >= 11 is 0. The smallest absolute Gasteiger partial charge is 0.317 e. The van der Waals surface area contributed by atoms with Crippen LogP contribution < -0.4 is 5.32 Å². The van der Waals surface area contributed by atoms with E-state index in [2.05, 4.69) is 48.3 Å². The fraction of sp³-hybridized carbons (Fsp3) is 0.650. The second-order valence-corrected chi connectivity index (χ2v) is 8.26. The lowest BCUT2D eigenvalue weighted by molar-refractivity contribution is 0.0341. The molecule has 3 aliphatic rings. The third-order valence-corrected chi connectivity index (χ3v) is 6.46. The first-order valence-corrected chi connectivity index (χ1v) is 9.45. The first kappa shape index (κ1) is 16.9. The summed E-state index contributed by atoms with van der Waals surface area (Å²) in [5, 5.41) is 3.13. The van der Waals surface area contributed by atoms with Gasteiger partial charge < -0.3 is 15.0 Å². The molecule has 0 radical (unpaired) electrons. The van der Waals surface area contributed by atoms with E-state index < -0.39 is 0 Å². The van der Waals surface area contributed by atoms with Crippen molar-refractivity contribution >= 4 is 6.03 Å². The van der Waals surface area contributed by atoms with E-state index in [-0.39, 0.29) is 6.03 Å². The number of nitrogens with one attached hydrogen (secondary N) is 1. The molecule has 0 bridgehead atoms. The van der Waals surface area contributed by atoms with E-state index in [4.69, 9.17) is 4.74 Å². The number of carbonyl (C=O) groups excluding carboxylic acids is 1. The van der Waals surface area contributed by atoms with Crippen molar-refractivity contribution in [3.63, 3.8) is 0 Å². The van der Waals surface area contributed by atoms with Crippen molar-refractivity contribution in [3.8, 4) is 0 Å². The van der Waals surface area contributed by atoms with E-state index in [1.165, 1.54) is 11.1 Å². The van der Waals surface area contributed by atoms with Gasteiger partial charge in [0.2, 0.25) is 0 Å². The molecule has 0 spiro atoms. The summed E-state index contributed by atoms with van der Waals surface area (Å²) in [5.41, 5.74) is 2.96. The van der Waals surface area contributed by atoms with Crippen molar-refractivity contribution in [2.45, 2.75) is 26.9 Å². The molecule has 2 amide bonds. The number of hydrogen-bond donors (Lipinski definition) is 1. The minimum Gasteiger partial charge on any atom is -0.379 e. The van der Waals surface area contributed by atoms with Crippen molar-refractivity contribution in [3.05, 3.63) is 35.4 Å². The van der Waals surface area contributed by atoms with E-state index in [0.717, 1.165) is 45.9 Å². The number of morpholine rings is 1. The molecule has 25 heavy (non-hydrogen) atoms. The number of piperidine rings is 1. The largest absolute Gasteiger partial charge is 0.379 e. The zero-order valence-electron chi connectivity index (χ0n) is 15.3. The van der Waals surface area contributed by atoms with Crippen LogP contribution in [0.5, 0.6) is 0 Å². The Morgan fingerprint density at radius 2 is 1.80 bits per heavy atom. The Morgan fingerprint density at radius 1 is 1.16 bits per heavy atom. The van der Waals surface area contributed by atoms with Gasteiger partial charge in [-0.1, -0.05) is 38.1 Å². The summed E-state index contributed by atoms with van der Waals surface area (Å²) in [6.45, 7) is 11.6. The third kappa shape index (κ3) is 3.40. The number of hydrogen-bond acceptors (Lipinski definition) is 3. The van der Waals surface area contributed by atoms with Gasteiger partial charge in [-0.2, -0.15) is 0 Å². The van der Waals surface area contributed by atoms with Crippen molar-refractivity contribution in [1.29, 1.82) is 0 Å². The number of likely N-dealkylation sites (tertiary alicyclic amines) is 1. The Kier molecular flexibility index (Phi) is 4.46. The quantitative estimate of drug-likeness (QED) is 0.912. The fourth-order valence-corrected chi connectivity index (χ4v) is 4.46. The van der Waals surface area contributed by atoms with Crippen molar-refractivity contribution in [1.82, 2.24) is 15.1 Å². The van der Waals surface area contributed by atoms with Crippen LogP contribution in [0.4, 0.5) is 4.79 Å². The molecular formula is C20H29N3O2. The van der Waals surface area contributed by atoms with Gasteiger partial charge in [-0.15, -0.1) is 0 Å². The van der Waals surface area contributed by atoms with E-state index in [0.29, 0.717) is 23.8 Å². The normalized spacial score (nSPS) is 27.8. The standard InChI is InChI=1S/C20H29N3O2/c1-20(2)17-13-23(14-18(17)20)19(24)21-11-15-5-3-4-6-16(15)12-22-7-9-25-10-8-22/h3-6,17-18H,7-14H2,1-2H3,(H,21,24)/t17-,18+. The average Bonchev–Trinajstić information content (AvgIpc) is 2.98. The maximum absolute atomic E-state index is 12.5. The van der Waals surface area contributed by atoms with Gasteiger partial charge in [-0.25, -0.2) is 4.79 Å². The van der Waals surface area contributed by atoms with Crippen LogP contribution in [0.2, 0.25) is 0 Å². The highest BCUT2D eigenvalue weighted by Gasteiger charge is 2.62. The number of carbonyl (C=O) groups is 1. The van der Waals surface area contributed by atoms with Gasteiger partial charge in [-0.3, -0.25) is 4.90 Å². The number of urea groups is 1. The van der Waals surface area contributed by atoms with Gasteiger partial charge in [0, 0.05) is 39.3 Å². The number of amides is 2. The van der Waals surface area contributed by atoms with E-state index in [1.807, 2.05) is 4.90 Å². The Labute approximate surface area is 150 Å². The number of fused-ring (bicyclic) bond motifs is 1. The Balaban J connectivity index is 1.31. The maximum atomic E-state index is 12.5. The molecule has 136 valence electrons. The zero-order valence-corrected chi connectivity index (χ0v) is 15.3. The molecule has 0 unspecified atom stereocenters. The average molecular weight is 343 g/mol. The first-order chi connectivity index (χ1) is 12.1. The van der Waals surface area contributed by atoms with Crippen molar-refractivity contribution in [2.75, 3.05) is 39.4 Å². The van der Waals surface area contributed by atoms with Crippen LogP contribution in [0.1, 0.15) is 25.0 Å². The molecule has 5 nitrogen and oxygen atoms in total. The minimum atomic E-state index is 0.0872.